The lowest BCUT2D eigenvalue weighted by atomic mass is 9.99. The Hall–Kier alpha value is -1.89. The minimum Gasteiger partial charge on any atom is -0.477 e. The fraction of sp³-hybridized carbons (Fsp3) is 0.444. The summed E-state index contributed by atoms with van der Waals surface area (Å²) in [6.07, 6.45) is 1.56. The molecule has 2 aliphatic heterocycles. The zero-order valence-corrected chi connectivity index (χ0v) is 14.8. The highest BCUT2D eigenvalue weighted by atomic mass is 35.5. The number of ether oxygens (including phenoxy) is 2. The molecule has 0 aliphatic carbocycles. The molecule has 2 fully saturated rings. The lowest BCUT2D eigenvalue weighted by molar-refractivity contribution is -0.115. The second-order valence-electron chi connectivity index (χ2n) is 6.26. The van der Waals surface area contributed by atoms with Crippen molar-refractivity contribution in [2.75, 3.05) is 13.2 Å². The molecule has 2 saturated heterocycles. The number of ketones is 1. The standard InChI is InChI=1S/C18H22ClN3O3/c1-2-24-18(21)15(19)16(20)14(23)7-10-3-5-11(6-4-10)17-13-8-12(25-17)9-22-13/h3-6,12-13,17,21-22H,2,7-9,20H2,1H3/b16-15+,21-18?/t12-,13-,17+/m0/s1. The molecule has 0 aromatic heterocycles. The van der Waals surface area contributed by atoms with E-state index in [-0.39, 0.29) is 41.5 Å². The van der Waals surface area contributed by atoms with E-state index in [9.17, 15) is 4.79 Å². The number of hydrogen-bond donors (Lipinski definition) is 3. The first-order valence-electron chi connectivity index (χ1n) is 8.37. The summed E-state index contributed by atoms with van der Waals surface area (Å²) >= 11 is 5.93. The van der Waals surface area contributed by atoms with Crippen molar-refractivity contribution in [3.8, 4) is 0 Å². The van der Waals surface area contributed by atoms with Crippen molar-refractivity contribution < 1.29 is 14.3 Å². The number of allylic oxidation sites excluding steroid dienone is 1. The van der Waals surface area contributed by atoms with Gasteiger partial charge in [-0.15, -0.1) is 0 Å². The molecule has 1 aromatic carbocycles. The van der Waals surface area contributed by atoms with Crippen LogP contribution in [0.3, 0.4) is 0 Å². The average Bonchev–Trinajstić information content (AvgIpc) is 3.24. The van der Waals surface area contributed by atoms with E-state index in [1.165, 1.54) is 0 Å². The number of carbonyl (C=O) groups is 1. The number of Topliss-reactive ketones (excluding diaryl/α,β-unsaturated/α-hetero) is 1. The summed E-state index contributed by atoms with van der Waals surface area (Å²) in [5.41, 5.74) is 7.55. The predicted octanol–water partition coefficient (Wildman–Crippen LogP) is 2.02. The number of nitrogens with one attached hydrogen (secondary N) is 2. The Labute approximate surface area is 151 Å². The Bertz CT molecular complexity index is 702. The molecule has 3 rings (SSSR count). The van der Waals surface area contributed by atoms with Crippen LogP contribution in [0.5, 0.6) is 0 Å². The van der Waals surface area contributed by atoms with Gasteiger partial charge in [-0.1, -0.05) is 35.9 Å². The van der Waals surface area contributed by atoms with Crippen LogP contribution in [-0.2, 0) is 20.7 Å². The van der Waals surface area contributed by atoms with E-state index in [1.807, 2.05) is 24.3 Å². The van der Waals surface area contributed by atoms with Gasteiger partial charge in [-0.2, -0.15) is 0 Å². The van der Waals surface area contributed by atoms with Gasteiger partial charge in [-0.25, -0.2) is 0 Å². The van der Waals surface area contributed by atoms with Crippen LogP contribution in [0.1, 0.15) is 30.6 Å². The van der Waals surface area contributed by atoms with Crippen molar-refractivity contribution in [2.45, 2.75) is 38.0 Å². The molecule has 134 valence electrons. The predicted molar refractivity (Wildman–Crippen MR) is 95.6 cm³/mol. The van der Waals surface area contributed by atoms with E-state index < -0.39 is 0 Å². The van der Waals surface area contributed by atoms with E-state index >= 15 is 0 Å². The van der Waals surface area contributed by atoms with Gasteiger partial charge in [0, 0.05) is 19.0 Å². The molecule has 2 bridgehead atoms. The topological polar surface area (TPSA) is 97.4 Å². The van der Waals surface area contributed by atoms with Crippen molar-refractivity contribution in [2.24, 2.45) is 5.73 Å². The second kappa shape index (κ2) is 7.56. The third-order valence-electron chi connectivity index (χ3n) is 4.53. The third-order valence-corrected chi connectivity index (χ3v) is 4.90. The highest BCUT2D eigenvalue weighted by Gasteiger charge is 2.41. The zero-order chi connectivity index (χ0) is 18.0. The number of halogens is 1. The highest BCUT2D eigenvalue weighted by molar-refractivity contribution is 6.43. The molecule has 1 aromatic rings. The van der Waals surface area contributed by atoms with Crippen LogP contribution >= 0.6 is 11.6 Å². The molecule has 0 spiro atoms. The van der Waals surface area contributed by atoms with Crippen LogP contribution in [0.15, 0.2) is 35.0 Å². The van der Waals surface area contributed by atoms with Crippen LogP contribution in [0, 0.1) is 5.41 Å². The molecule has 25 heavy (non-hydrogen) atoms. The van der Waals surface area contributed by atoms with Crippen molar-refractivity contribution in [1.82, 2.24) is 5.32 Å². The van der Waals surface area contributed by atoms with Gasteiger partial charge < -0.3 is 20.5 Å². The van der Waals surface area contributed by atoms with E-state index in [2.05, 4.69) is 5.32 Å². The highest BCUT2D eigenvalue weighted by Crippen LogP contribution is 2.36. The first-order chi connectivity index (χ1) is 12.0. The summed E-state index contributed by atoms with van der Waals surface area (Å²) < 4.78 is 10.9. The summed E-state index contributed by atoms with van der Waals surface area (Å²) in [4.78, 5) is 12.3. The van der Waals surface area contributed by atoms with Crippen LogP contribution in [0.25, 0.3) is 0 Å². The SMILES string of the molecule is CCOC(=N)/C(Cl)=C(\N)C(=O)Cc1ccc([C@H]2O[C@@H]3CN[C@H]2C3)cc1. The second-order valence-corrected chi connectivity index (χ2v) is 6.64. The molecular formula is C18H22ClN3O3. The van der Waals surface area contributed by atoms with Gasteiger partial charge in [0.2, 0.25) is 5.90 Å². The van der Waals surface area contributed by atoms with Gasteiger partial charge in [0.1, 0.15) is 5.03 Å². The molecule has 2 heterocycles. The van der Waals surface area contributed by atoms with Crippen LogP contribution in [0.2, 0.25) is 0 Å². The maximum atomic E-state index is 12.3. The molecular weight excluding hydrogens is 342 g/mol. The van der Waals surface area contributed by atoms with Gasteiger partial charge in [-0.05, 0) is 24.5 Å². The molecule has 0 saturated carbocycles. The Kier molecular flexibility index (Phi) is 5.42. The number of benzene rings is 1. The molecule has 2 aliphatic rings. The maximum Gasteiger partial charge on any atom is 0.227 e. The van der Waals surface area contributed by atoms with Crippen LogP contribution in [-0.4, -0.2) is 37.0 Å². The number of fused-ring (bicyclic) bond motifs is 2. The maximum absolute atomic E-state index is 12.3. The van der Waals surface area contributed by atoms with Gasteiger partial charge in [0.05, 0.1) is 24.5 Å². The van der Waals surface area contributed by atoms with Crippen molar-refractivity contribution in [1.29, 1.82) is 5.41 Å². The third kappa shape index (κ3) is 3.86. The number of nitrogens with two attached hydrogens (primary N) is 1. The fourth-order valence-corrected chi connectivity index (χ4v) is 3.40. The summed E-state index contributed by atoms with van der Waals surface area (Å²) in [7, 11) is 0. The van der Waals surface area contributed by atoms with E-state index in [1.54, 1.807) is 6.92 Å². The minimum atomic E-state index is -0.333. The number of hydrogen-bond acceptors (Lipinski definition) is 6. The quantitative estimate of drug-likeness (QED) is 0.408. The Morgan fingerprint density at radius 2 is 2.16 bits per heavy atom. The van der Waals surface area contributed by atoms with Gasteiger partial charge in [0.15, 0.2) is 5.78 Å². The van der Waals surface area contributed by atoms with Crippen LogP contribution < -0.4 is 11.1 Å². The van der Waals surface area contributed by atoms with Crippen LogP contribution in [0.4, 0.5) is 0 Å². The smallest absolute Gasteiger partial charge is 0.227 e. The Balaban J connectivity index is 1.64. The Morgan fingerprint density at radius 1 is 1.44 bits per heavy atom. The summed E-state index contributed by atoms with van der Waals surface area (Å²) in [5, 5.41) is 10.9. The average molecular weight is 364 g/mol. The van der Waals surface area contributed by atoms with Crippen molar-refractivity contribution >= 4 is 23.3 Å². The molecule has 7 heteroatoms. The van der Waals surface area contributed by atoms with E-state index in [4.69, 9.17) is 32.2 Å². The van der Waals surface area contributed by atoms with Gasteiger partial charge in [0.25, 0.3) is 0 Å². The van der Waals surface area contributed by atoms with E-state index in [0.29, 0.717) is 12.1 Å². The van der Waals surface area contributed by atoms with Gasteiger partial charge >= 0.3 is 0 Å². The summed E-state index contributed by atoms with van der Waals surface area (Å²) in [6, 6.07) is 8.15. The molecule has 6 nitrogen and oxygen atoms in total. The Morgan fingerprint density at radius 3 is 2.72 bits per heavy atom. The molecule has 4 N–H and O–H groups in total. The fourth-order valence-electron chi connectivity index (χ4n) is 3.24. The number of morpholine rings is 1. The summed E-state index contributed by atoms with van der Waals surface area (Å²) in [6.45, 7) is 2.95. The first kappa shape index (κ1) is 17.9. The largest absolute Gasteiger partial charge is 0.477 e. The monoisotopic (exact) mass is 363 g/mol. The number of carbonyl (C=O) groups excluding carboxylic acids is 1. The molecule has 3 atom stereocenters. The van der Waals surface area contributed by atoms with Crippen molar-refractivity contribution in [3.05, 3.63) is 46.1 Å². The van der Waals surface area contributed by atoms with Crippen molar-refractivity contribution in [3.63, 3.8) is 0 Å². The molecule has 0 radical (unpaired) electrons. The number of rotatable bonds is 6. The van der Waals surface area contributed by atoms with Gasteiger partial charge in [-0.3, -0.25) is 10.2 Å². The molecule has 0 unspecified atom stereocenters. The summed E-state index contributed by atoms with van der Waals surface area (Å²) in [5.74, 6) is -0.619. The van der Waals surface area contributed by atoms with E-state index in [0.717, 1.165) is 24.1 Å². The lowest BCUT2D eigenvalue weighted by Gasteiger charge is -2.23. The molecule has 0 amide bonds. The lowest BCUT2D eigenvalue weighted by Crippen LogP contribution is -2.33. The normalized spacial score (nSPS) is 25.6. The first-order valence-corrected chi connectivity index (χ1v) is 8.75. The zero-order valence-electron chi connectivity index (χ0n) is 14.0. The minimum absolute atomic E-state index is 0.0783.